The monoisotopic (exact) mass is 429 g/mol. The van der Waals surface area contributed by atoms with Crippen LogP contribution in [0.2, 0.25) is 0 Å². The molecule has 0 unspecified atom stereocenters. The van der Waals surface area contributed by atoms with Crippen molar-refractivity contribution >= 4 is 40.3 Å². The Morgan fingerprint density at radius 3 is 2.74 bits per heavy atom. The molecule has 31 heavy (non-hydrogen) atoms. The standard InChI is InChI=1S/C23H19N5O2S/c29-22(13-27-19-7-3-4-8-20(19)31-14-23(27)30)25-12-16-9-10-21(24-11-16)28-15-26-17-5-1-2-6-18(17)28/h1-11,15H,12-14H2,(H,25,29). The number of carbonyl (C=O) groups is 2. The minimum Gasteiger partial charge on any atom is -0.350 e. The molecule has 2 amide bonds. The third-order valence-corrected chi connectivity index (χ3v) is 6.16. The lowest BCUT2D eigenvalue weighted by molar-refractivity contribution is -0.123. The lowest BCUT2D eigenvalue weighted by atomic mass is 10.2. The molecule has 0 radical (unpaired) electrons. The normalized spacial score (nSPS) is 13.3. The van der Waals surface area contributed by atoms with E-state index >= 15 is 0 Å². The van der Waals surface area contributed by atoms with Gasteiger partial charge in [0, 0.05) is 17.6 Å². The average Bonchev–Trinajstić information content (AvgIpc) is 3.24. The first-order valence-corrected chi connectivity index (χ1v) is 10.8. The molecule has 3 heterocycles. The third-order valence-electron chi connectivity index (χ3n) is 5.11. The van der Waals surface area contributed by atoms with Gasteiger partial charge in [-0.05, 0) is 35.9 Å². The van der Waals surface area contributed by atoms with Crippen LogP contribution in [-0.2, 0) is 16.1 Å². The Labute approximate surface area is 183 Å². The summed E-state index contributed by atoms with van der Waals surface area (Å²) in [5.41, 5.74) is 3.56. The van der Waals surface area contributed by atoms with Crippen molar-refractivity contribution in [2.45, 2.75) is 11.4 Å². The zero-order valence-electron chi connectivity index (χ0n) is 16.6. The van der Waals surface area contributed by atoms with E-state index in [9.17, 15) is 9.59 Å². The van der Waals surface area contributed by atoms with Crippen molar-refractivity contribution in [1.29, 1.82) is 0 Å². The predicted octanol–water partition coefficient (Wildman–Crippen LogP) is 3.18. The first-order chi connectivity index (χ1) is 15.2. The van der Waals surface area contributed by atoms with Gasteiger partial charge in [0.05, 0.1) is 22.5 Å². The Kier molecular flexibility index (Phi) is 5.13. The molecule has 0 atom stereocenters. The molecular formula is C23H19N5O2S. The van der Waals surface area contributed by atoms with Crippen LogP contribution < -0.4 is 10.2 Å². The smallest absolute Gasteiger partial charge is 0.240 e. The Hall–Kier alpha value is -3.65. The number of para-hydroxylation sites is 3. The van der Waals surface area contributed by atoms with Gasteiger partial charge in [-0.2, -0.15) is 0 Å². The quantitative estimate of drug-likeness (QED) is 0.527. The molecule has 0 saturated carbocycles. The summed E-state index contributed by atoms with van der Waals surface area (Å²) in [6.45, 7) is 0.345. The van der Waals surface area contributed by atoms with Crippen LogP contribution in [0.25, 0.3) is 16.9 Å². The highest BCUT2D eigenvalue weighted by atomic mass is 32.2. The molecule has 0 fully saturated rings. The number of nitrogens with one attached hydrogen (secondary N) is 1. The van der Waals surface area contributed by atoms with Crippen LogP contribution in [0.5, 0.6) is 0 Å². The number of thioether (sulfide) groups is 1. The van der Waals surface area contributed by atoms with Gasteiger partial charge in [-0.25, -0.2) is 9.97 Å². The molecule has 1 aliphatic rings. The van der Waals surface area contributed by atoms with Gasteiger partial charge in [0.2, 0.25) is 11.8 Å². The zero-order chi connectivity index (χ0) is 21.2. The van der Waals surface area contributed by atoms with Gasteiger partial charge in [0.15, 0.2) is 0 Å². The molecule has 7 nitrogen and oxygen atoms in total. The van der Waals surface area contributed by atoms with Crippen LogP contribution in [-0.4, -0.2) is 38.6 Å². The molecule has 4 aromatic rings. The highest BCUT2D eigenvalue weighted by Gasteiger charge is 2.26. The summed E-state index contributed by atoms with van der Waals surface area (Å²) in [5.74, 6) is 0.840. The number of amides is 2. The van der Waals surface area contributed by atoms with Gasteiger partial charge in [-0.3, -0.25) is 14.2 Å². The molecule has 2 aromatic heterocycles. The second-order valence-corrected chi connectivity index (χ2v) is 8.16. The molecular weight excluding hydrogens is 410 g/mol. The lowest BCUT2D eigenvalue weighted by Crippen LogP contribution is -2.43. The van der Waals surface area contributed by atoms with E-state index in [1.165, 1.54) is 11.8 Å². The van der Waals surface area contributed by atoms with Crippen molar-refractivity contribution in [3.05, 3.63) is 78.8 Å². The molecule has 154 valence electrons. The number of hydrogen-bond donors (Lipinski definition) is 1. The summed E-state index contributed by atoms with van der Waals surface area (Å²) < 4.78 is 1.93. The van der Waals surface area contributed by atoms with Gasteiger partial charge in [-0.1, -0.05) is 30.3 Å². The predicted molar refractivity (Wildman–Crippen MR) is 120 cm³/mol. The van der Waals surface area contributed by atoms with Crippen LogP contribution in [0.1, 0.15) is 5.56 Å². The van der Waals surface area contributed by atoms with Crippen molar-refractivity contribution in [1.82, 2.24) is 19.9 Å². The van der Waals surface area contributed by atoms with Crippen LogP contribution in [0.3, 0.4) is 0 Å². The van der Waals surface area contributed by atoms with Crippen LogP contribution in [0, 0.1) is 0 Å². The van der Waals surface area contributed by atoms with E-state index in [4.69, 9.17) is 0 Å². The van der Waals surface area contributed by atoms with Gasteiger partial charge in [0.1, 0.15) is 18.7 Å². The number of carbonyl (C=O) groups excluding carboxylic acids is 2. The largest absolute Gasteiger partial charge is 0.350 e. The Balaban J connectivity index is 1.23. The number of pyridine rings is 1. The van der Waals surface area contributed by atoms with E-state index < -0.39 is 0 Å². The van der Waals surface area contributed by atoms with E-state index in [-0.39, 0.29) is 18.4 Å². The van der Waals surface area contributed by atoms with E-state index in [1.807, 2.05) is 65.2 Å². The van der Waals surface area contributed by atoms with Crippen molar-refractivity contribution in [3.63, 3.8) is 0 Å². The summed E-state index contributed by atoms with van der Waals surface area (Å²) in [5, 5.41) is 2.88. The number of benzene rings is 2. The van der Waals surface area contributed by atoms with Gasteiger partial charge >= 0.3 is 0 Å². The minimum atomic E-state index is -0.209. The summed E-state index contributed by atoms with van der Waals surface area (Å²) >= 11 is 1.50. The molecule has 0 aliphatic carbocycles. The average molecular weight is 430 g/mol. The molecule has 1 N–H and O–H groups in total. The third kappa shape index (κ3) is 3.89. The summed E-state index contributed by atoms with van der Waals surface area (Å²) in [6.07, 6.45) is 3.49. The maximum Gasteiger partial charge on any atom is 0.240 e. The van der Waals surface area contributed by atoms with Crippen molar-refractivity contribution in [2.75, 3.05) is 17.2 Å². The van der Waals surface area contributed by atoms with E-state index in [1.54, 1.807) is 17.4 Å². The van der Waals surface area contributed by atoms with E-state index in [0.29, 0.717) is 12.3 Å². The van der Waals surface area contributed by atoms with Crippen molar-refractivity contribution < 1.29 is 9.59 Å². The minimum absolute atomic E-state index is 0.00292. The molecule has 0 saturated heterocycles. The fourth-order valence-electron chi connectivity index (χ4n) is 3.53. The highest BCUT2D eigenvalue weighted by Crippen LogP contribution is 2.34. The van der Waals surface area contributed by atoms with E-state index in [2.05, 4.69) is 15.3 Å². The Morgan fingerprint density at radius 1 is 1.03 bits per heavy atom. The summed E-state index contributed by atoms with van der Waals surface area (Å²) in [4.78, 5) is 36.3. The van der Waals surface area contributed by atoms with Crippen LogP contribution >= 0.6 is 11.8 Å². The number of aromatic nitrogens is 3. The number of fused-ring (bicyclic) bond motifs is 2. The van der Waals surface area contributed by atoms with Crippen molar-refractivity contribution in [3.8, 4) is 5.82 Å². The highest BCUT2D eigenvalue weighted by molar-refractivity contribution is 8.00. The second-order valence-electron chi connectivity index (χ2n) is 7.14. The maximum absolute atomic E-state index is 12.5. The molecule has 8 heteroatoms. The van der Waals surface area contributed by atoms with Gasteiger partial charge in [-0.15, -0.1) is 11.8 Å². The Bertz CT molecular complexity index is 1270. The fourth-order valence-corrected chi connectivity index (χ4v) is 4.47. The summed E-state index contributed by atoms with van der Waals surface area (Å²) in [7, 11) is 0. The maximum atomic E-state index is 12.5. The first-order valence-electron chi connectivity index (χ1n) is 9.85. The molecule has 2 aromatic carbocycles. The van der Waals surface area contributed by atoms with Gasteiger partial charge < -0.3 is 10.2 Å². The number of imidazole rings is 1. The molecule has 0 bridgehead atoms. The molecule has 5 rings (SSSR count). The molecule has 0 spiro atoms. The zero-order valence-corrected chi connectivity index (χ0v) is 17.4. The van der Waals surface area contributed by atoms with Crippen LogP contribution in [0.4, 0.5) is 5.69 Å². The number of rotatable bonds is 5. The topological polar surface area (TPSA) is 80.1 Å². The Morgan fingerprint density at radius 2 is 1.87 bits per heavy atom. The molecule has 1 aliphatic heterocycles. The lowest BCUT2D eigenvalue weighted by Gasteiger charge is -2.28. The fraction of sp³-hybridized carbons (Fsp3) is 0.130. The van der Waals surface area contributed by atoms with E-state index in [0.717, 1.165) is 33.0 Å². The summed E-state index contributed by atoms with van der Waals surface area (Å²) in [6, 6.07) is 19.3. The van der Waals surface area contributed by atoms with Crippen molar-refractivity contribution in [2.24, 2.45) is 0 Å². The first kappa shape index (κ1) is 19.3. The second kappa shape index (κ2) is 8.23. The number of anilines is 1. The number of hydrogen-bond acceptors (Lipinski definition) is 5. The van der Waals surface area contributed by atoms with Crippen LogP contribution in [0.15, 0.2) is 78.1 Å². The SMILES string of the molecule is O=C(CN1C(=O)CSc2ccccc21)NCc1ccc(-n2cnc3ccccc32)nc1. The van der Waals surface area contributed by atoms with Gasteiger partial charge in [0.25, 0.3) is 0 Å². The number of nitrogens with zero attached hydrogens (tertiary/aromatic N) is 4.